The Morgan fingerprint density at radius 3 is 2.93 bits per heavy atom. The number of pyridine rings is 1. The van der Waals surface area contributed by atoms with Crippen molar-refractivity contribution in [3.8, 4) is 6.07 Å². The molecule has 2 rings (SSSR count). The summed E-state index contributed by atoms with van der Waals surface area (Å²) in [6.07, 6.45) is 4.59. The van der Waals surface area contributed by atoms with Crippen LogP contribution in [0.4, 0.5) is 5.69 Å². The quantitative estimate of drug-likeness (QED) is 0.790. The number of amides is 1. The van der Waals surface area contributed by atoms with E-state index in [9.17, 15) is 4.79 Å². The molecule has 1 fully saturated rings. The minimum Gasteiger partial charge on any atom is -0.323 e. The summed E-state index contributed by atoms with van der Waals surface area (Å²) in [6.45, 7) is 1.89. The smallest absolute Gasteiger partial charge is 0.244 e. The van der Waals surface area contributed by atoms with E-state index in [0.717, 1.165) is 5.56 Å². The van der Waals surface area contributed by atoms with Gasteiger partial charge in [-0.1, -0.05) is 0 Å². The van der Waals surface area contributed by atoms with Gasteiger partial charge in [0.05, 0.1) is 18.0 Å². The van der Waals surface area contributed by atoms with Crippen LogP contribution in [0.1, 0.15) is 18.4 Å². The number of nitrogens with zero attached hydrogens (tertiary/aromatic N) is 2. The Morgan fingerprint density at radius 2 is 2.40 bits per heavy atom. The molecule has 1 heterocycles. The SMILES string of the molecule is Cc1ccncc1NC(=O)C1(C#N)CC1. The van der Waals surface area contributed by atoms with Crippen molar-refractivity contribution in [3.63, 3.8) is 0 Å². The van der Waals surface area contributed by atoms with E-state index in [2.05, 4.69) is 16.4 Å². The predicted octanol–water partition coefficient (Wildman–Crippen LogP) is 1.63. The molecule has 76 valence electrons. The number of hydrogen-bond acceptors (Lipinski definition) is 3. The molecule has 1 N–H and O–H groups in total. The van der Waals surface area contributed by atoms with Crippen LogP contribution in [-0.2, 0) is 4.79 Å². The summed E-state index contributed by atoms with van der Waals surface area (Å²) in [5, 5.41) is 11.6. The zero-order chi connectivity index (χ0) is 10.9. The molecule has 4 nitrogen and oxygen atoms in total. The minimum absolute atomic E-state index is 0.207. The van der Waals surface area contributed by atoms with E-state index in [1.165, 1.54) is 0 Å². The maximum absolute atomic E-state index is 11.7. The molecule has 0 atom stereocenters. The lowest BCUT2D eigenvalue weighted by Gasteiger charge is -2.09. The molecule has 0 saturated heterocycles. The van der Waals surface area contributed by atoms with Crippen molar-refractivity contribution >= 4 is 11.6 Å². The van der Waals surface area contributed by atoms with Crippen molar-refractivity contribution < 1.29 is 4.79 Å². The Morgan fingerprint density at radius 1 is 1.67 bits per heavy atom. The van der Waals surface area contributed by atoms with Gasteiger partial charge in [-0.3, -0.25) is 9.78 Å². The van der Waals surface area contributed by atoms with Gasteiger partial charge in [-0.05, 0) is 31.4 Å². The first kappa shape index (κ1) is 9.66. The minimum atomic E-state index is -0.776. The lowest BCUT2D eigenvalue weighted by atomic mass is 10.1. The van der Waals surface area contributed by atoms with Crippen LogP contribution in [0.5, 0.6) is 0 Å². The van der Waals surface area contributed by atoms with E-state index < -0.39 is 5.41 Å². The van der Waals surface area contributed by atoms with Gasteiger partial charge in [0.1, 0.15) is 5.41 Å². The zero-order valence-electron chi connectivity index (χ0n) is 8.45. The highest BCUT2D eigenvalue weighted by atomic mass is 16.2. The molecular formula is C11H11N3O. The monoisotopic (exact) mass is 201 g/mol. The van der Waals surface area contributed by atoms with Crippen molar-refractivity contribution in [1.29, 1.82) is 5.26 Å². The zero-order valence-corrected chi connectivity index (χ0v) is 8.45. The number of rotatable bonds is 2. The average Bonchev–Trinajstić information content (AvgIpc) is 3.02. The van der Waals surface area contributed by atoms with Gasteiger partial charge < -0.3 is 5.32 Å². The maximum atomic E-state index is 11.7. The molecule has 1 aromatic rings. The number of nitriles is 1. The summed E-state index contributed by atoms with van der Waals surface area (Å²) >= 11 is 0. The van der Waals surface area contributed by atoms with E-state index in [-0.39, 0.29) is 5.91 Å². The van der Waals surface area contributed by atoms with Crippen LogP contribution in [0.2, 0.25) is 0 Å². The van der Waals surface area contributed by atoms with Crippen LogP contribution in [0, 0.1) is 23.7 Å². The number of aryl methyl sites for hydroxylation is 1. The van der Waals surface area contributed by atoms with E-state index in [1.807, 2.05) is 13.0 Å². The molecule has 1 saturated carbocycles. The van der Waals surface area contributed by atoms with Crippen molar-refractivity contribution in [1.82, 2.24) is 4.98 Å². The van der Waals surface area contributed by atoms with Gasteiger partial charge in [0, 0.05) is 6.20 Å². The standard InChI is InChI=1S/C11H11N3O/c1-8-2-5-13-6-9(8)14-10(15)11(7-12)3-4-11/h2,5-6H,3-4H2,1H3,(H,14,15). The number of hydrogen-bond donors (Lipinski definition) is 1. The highest BCUT2D eigenvalue weighted by molar-refractivity contribution is 5.99. The third-order valence-corrected chi connectivity index (χ3v) is 2.69. The summed E-state index contributed by atoms with van der Waals surface area (Å²) in [6, 6.07) is 3.88. The molecule has 0 aromatic carbocycles. The molecule has 0 radical (unpaired) electrons. The van der Waals surface area contributed by atoms with Crippen LogP contribution in [0.3, 0.4) is 0 Å². The van der Waals surface area contributed by atoms with Gasteiger partial charge in [-0.25, -0.2) is 0 Å². The van der Waals surface area contributed by atoms with Crippen LogP contribution < -0.4 is 5.32 Å². The highest BCUT2D eigenvalue weighted by Gasteiger charge is 2.50. The van der Waals surface area contributed by atoms with Gasteiger partial charge in [0.2, 0.25) is 5.91 Å². The van der Waals surface area contributed by atoms with Gasteiger partial charge in [0.15, 0.2) is 0 Å². The summed E-state index contributed by atoms with van der Waals surface area (Å²) in [5.41, 5.74) is 0.860. The van der Waals surface area contributed by atoms with Crippen LogP contribution in [-0.4, -0.2) is 10.9 Å². The van der Waals surface area contributed by atoms with Crippen LogP contribution in [0.25, 0.3) is 0 Å². The van der Waals surface area contributed by atoms with E-state index in [0.29, 0.717) is 18.5 Å². The van der Waals surface area contributed by atoms with Crippen LogP contribution >= 0.6 is 0 Å². The molecule has 0 spiro atoms. The lowest BCUT2D eigenvalue weighted by molar-refractivity contribution is -0.119. The maximum Gasteiger partial charge on any atom is 0.244 e. The van der Waals surface area contributed by atoms with Crippen molar-refractivity contribution in [2.45, 2.75) is 19.8 Å². The normalized spacial score (nSPS) is 16.5. The molecule has 0 unspecified atom stereocenters. The van der Waals surface area contributed by atoms with Gasteiger partial charge >= 0.3 is 0 Å². The second-order valence-corrected chi connectivity index (χ2v) is 3.84. The average molecular weight is 201 g/mol. The molecule has 0 bridgehead atoms. The number of carbonyl (C=O) groups excluding carboxylic acids is 1. The van der Waals surface area contributed by atoms with Crippen molar-refractivity contribution in [2.24, 2.45) is 5.41 Å². The molecule has 1 aliphatic carbocycles. The first-order chi connectivity index (χ1) is 7.18. The number of nitrogens with one attached hydrogen (secondary N) is 1. The predicted molar refractivity (Wildman–Crippen MR) is 54.9 cm³/mol. The Labute approximate surface area is 87.9 Å². The third-order valence-electron chi connectivity index (χ3n) is 2.69. The molecule has 1 aromatic heterocycles. The molecule has 1 amide bonds. The largest absolute Gasteiger partial charge is 0.323 e. The van der Waals surface area contributed by atoms with Gasteiger partial charge in [-0.2, -0.15) is 5.26 Å². The first-order valence-corrected chi connectivity index (χ1v) is 4.81. The Bertz CT molecular complexity index is 443. The molecule has 1 aliphatic rings. The fourth-order valence-electron chi connectivity index (χ4n) is 1.35. The van der Waals surface area contributed by atoms with E-state index in [4.69, 9.17) is 5.26 Å². The topological polar surface area (TPSA) is 65.8 Å². The van der Waals surface area contributed by atoms with Crippen LogP contribution in [0.15, 0.2) is 18.5 Å². The van der Waals surface area contributed by atoms with E-state index in [1.54, 1.807) is 12.4 Å². The molecule has 0 aliphatic heterocycles. The molecule has 15 heavy (non-hydrogen) atoms. The lowest BCUT2D eigenvalue weighted by Crippen LogP contribution is -2.23. The van der Waals surface area contributed by atoms with Gasteiger partial charge in [0.25, 0.3) is 0 Å². The van der Waals surface area contributed by atoms with Crippen molar-refractivity contribution in [3.05, 3.63) is 24.0 Å². The summed E-state index contributed by atoms with van der Waals surface area (Å²) < 4.78 is 0. The van der Waals surface area contributed by atoms with Gasteiger partial charge in [-0.15, -0.1) is 0 Å². The first-order valence-electron chi connectivity index (χ1n) is 4.81. The fourth-order valence-corrected chi connectivity index (χ4v) is 1.35. The summed E-state index contributed by atoms with van der Waals surface area (Å²) in [4.78, 5) is 15.6. The van der Waals surface area contributed by atoms with E-state index >= 15 is 0 Å². The Kier molecular flexibility index (Phi) is 2.16. The Hall–Kier alpha value is -1.89. The number of aromatic nitrogens is 1. The second kappa shape index (κ2) is 3.35. The number of carbonyl (C=O) groups is 1. The number of anilines is 1. The molecular weight excluding hydrogens is 190 g/mol. The summed E-state index contributed by atoms with van der Waals surface area (Å²) in [7, 11) is 0. The fraction of sp³-hybridized carbons (Fsp3) is 0.364. The third kappa shape index (κ3) is 1.68. The summed E-state index contributed by atoms with van der Waals surface area (Å²) in [5.74, 6) is -0.207. The Balaban J connectivity index is 2.14. The second-order valence-electron chi connectivity index (χ2n) is 3.84. The van der Waals surface area contributed by atoms with Crippen molar-refractivity contribution in [2.75, 3.05) is 5.32 Å². The molecule has 4 heteroatoms. The highest BCUT2D eigenvalue weighted by Crippen LogP contribution is 2.45.